The van der Waals surface area contributed by atoms with Gasteiger partial charge in [0.05, 0.1) is 26.0 Å². The predicted molar refractivity (Wildman–Crippen MR) is 103 cm³/mol. The van der Waals surface area contributed by atoms with E-state index < -0.39 is 11.2 Å². The molecule has 0 amide bonds. The molecule has 0 saturated carbocycles. The lowest BCUT2D eigenvalue weighted by molar-refractivity contribution is 0.414. The second-order valence-corrected chi connectivity index (χ2v) is 5.85. The van der Waals surface area contributed by atoms with Crippen molar-refractivity contribution < 1.29 is 9.47 Å². The van der Waals surface area contributed by atoms with E-state index in [1.807, 2.05) is 0 Å². The van der Waals surface area contributed by atoms with Gasteiger partial charge >= 0.3 is 11.2 Å². The quantitative estimate of drug-likeness (QED) is 0.541. The van der Waals surface area contributed by atoms with Crippen molar-refractivity contribution in [3.8, 4) is 11.5 Å². The highest BCUT2D eigenvalue weighted by Gasteiger charge is 2.13. The first-order valence-electron chi connectivity index (χ1n) is 8.14. The molecule has 2 N–H and O–H groups in total. The number of aromatic amines is 2. The fourth-order valence-corrected chi connectivity index (χ4v) is 2.90. The SMILES string of the molecule is COc1cccc(/C=N/n2c(=O)[nH]c3c([nH]c4ccc(OC)cc43)c2=O)c1. The largest absolute Gasteiger partial charge is 0.497 e. The van der Waals surface area contributed by atoms with Crippen molar-refractivity contribution in [3.63, 3.8) is 0 Å². The highest BCUT2D eigenvalue weighted by Crippen LogP contribution is 2.25. The Morgan fingerprint density at radius 2 is 1.74 bits per heavy atom. The Hall–Kier alpha value is -3.81. The highest BCUT2D eigenvalue weighted by atomic mass is 16.5. The first-order valence-corrected chi connectivity index (χ1v) is 8.14. The summed E-state index contributed by atoms with van der Waals surface area (Å²) in [6, 6.07) is 12.4. The van der Waals surface area contributed by atoms with Gasteiger partial charge in [0.2, 0.25) is 0 Å². The summed E-state index contributed by atoms with van der Waals surface area (Å²) in [5, 5.41) is 4.74. The molecule has 8 heteroatoms. The number of hydrogen-bond acceptors (Lipinski definition) is 5. The van der Waals surface area contributed by atoms with Gasteiger partial charge in [-0.1, -0.05) is 12.1 Å². The van der Waals surface area contributed by atoms with Crippen LogP contribution >= 0.6 is 0 Å². The molecule has 2 heterocycles. The van der Waals surface area contributed by atoms with Crippen LogP contribution in [0.5, 0.6) is 11.5 Å². The van der Waals surface area contributed by atoms with Crippen LogP contribution in [0.1, 0.15) is 5.56 Å². The number of rotatable bonds is 4. The molecule has 2 aromatic carbocycles. The van der Waals surface area contributed by atoms with Crippen LogP contribution in [-0.4, -0.2) is 35.1 Å². The minimum absolute atomic E-state index is 0.264. The zero-order valence-electron chi connectivity index (χ0n) is 14.6. The van der Waals surface area contributed by atoms with Crippen LogP contribution in [0.25, 0.3) is 21.9 Å². The Bertz CT molecular complexity index is 1300. The van der Waals surface area contributed by atoms with Crippen molar-refractivity contribution in [1.82, 2.24) is 14.6 Å². The van der Waals surface area contributed by atoms with E-state index in [9.17, 15) is 9.59 Å². The molecule has 0 aliphatic heterocycles. The van der Waals surface area contributed by atoms with Gasteiger partial charge in [-0.3, -0.25) is 4.79 Å². The molecule has 8 nitrogen and oxygen atoms in total. The molecule has 0 aliphatic rings. The number of nitrogens with one attached hydrogen (secondary N) is 2. The summed E-state index contributed by atoms with van der Waals surface area (Å²) in [7, 11) is 3.11. The van der Waals surface area contributed by atoms with Gasteiger partial charge in [0.25, 0.3) is 0 Å². The van der Waals surface area contributed by atoms with Gasteiger partial charge in [-0.25, -0.2) is 4.79 Å². The maximum Gasteiger partial charge on any atom is 0.350 e. The van der Waals surface area contributed by atoms with Gasteiger partial charge in [-0.05, 0) is 35.9 Å². The van der Waals surface area contributed by atoms with Crippen molar-refractivity contribution in [1.29, 1.82) is 0 Å². The van der Waals surface area contributed by atoms with Crippen LogP contribution in [0.2, 0.25) is 0 Å². The summed E-state index contributed by atoms with van der Waals surface area (Å²) in [6.07, 6.45) is 1.43. The van der Waals surface area contributed by atoms with Crippen LogP contribution in [0, 0.1) is 0 Å². The van der Waals surface area contributed by atoms with E-state index >= 15 is 0 Å². The molecule has 4 rings (SSSR count). The molecule has 0 atom stereocenters. The Morgan fingerprint density at radius 1 is 0.963 bits per heavy atom. The Balaban J connectivity index is 1.86. The van der Waals surface area contributed by atoms with E-state index in [1.165, 1.54) is 6.21 Å². The number of benzene rings is 2. The average Bonchev–Trinajstić information content (AvgIpc) is 3.06. The van der Waals surface area contributed by atoms with E-state index in [-0.39, 0.29) is 5.52 Å². The maximum absolute atomic E-state index is 12.8. The summed E-state index contributed by atoms with van der Waals surface area (Å²) in [6.45, 7) is 0. The molecule has 0 unspecified atom stereocenters. The van der Waals surface area contributed by atoms with Gasteiger partial charge in [0.15, 0.2) is 0 Å². The fourth-order valence-electron chi connectivity index (χ4n) is 2.90. The molecule has 27 heavy (non-hydrogen) atoms. The van der Waals surface area contributed by atoms with Gasteiger partial charge in [0, 0.05) is 10.9 Å². The fraction of sp³-hybridized carbons (Fsp3) is 0.105. The monoisotopic (exact) mass is 364 g/mol. The maximum atomic E-state index is 12.8. The van der Waals surface area contributed by atoms with Crippen LogP contribution < -0.4 is 20.7 Å². The minimum atomic E-state index is -0.629. The third-order valence-electron chi connectivity index (χ3n) is 4.25. The van der Waals surface area contributed by atoms with Crippen LogP contribution in [0.3, 0.4) is 0 Å². The molecule has 0 bridgehead atoms. The standard InChI is InChI=1S/C19H16N4O4/c1-26-12-5-3-4-11(8-12)10-20-23-18(24)17-16(22-19(23)25)14-9-13(27-2)6-7-15(14)21-17/h3-10,21H,1-2H3,(H,22,25)/b20-10+. The second-order valence-electron chi connectivity index (χ2n) is 5.85. The number of H-pyrrole nitrogens is 2. The number of ether oxygens (including phenoxy) is 2. The topological polar surface area (TPSA) is 101 Å². The summed E-state index contributed by atoms with van der Waals surface area (Å²) >= 11 is 0. The molecule has 136 valence electrons. The van der Waals surface area contributed by atoms with Crippen molar-refractivity contribution in [2.24, 2.45) is 5.10 Å². The smallest absolute Gasteiger partial charge is 0.350 e. The third kappa shape index (κ3) is 2.86. The van der Waals surface area contributed by atoms with E-state index in [4.69, 9.17) is 9.47 Å². The Labute approximate surface area is 152 Å². The number of methoxy groups -OCH3 is 2. The zero-order chi connectivity index (χ0) is 19.0. The van der Waals surface area contributed by atoms with Crippen LogP contribution in [-0.2, 0) is 0 Å². The lowest BCUT2D eigenvalue weighted by Gasteiger charge is -2.01. The Kier molecular flexibility index (Phi) is 4.00. The molecule has 0 fully saturated rings. The number of aromatic nitrogens is 3. The molecular weight excluding hydrogens is 348 g/mol. The first kappa shape index (κ1) is 16.6. The van der Waals surface area contributed by atoms with Crippen LogP contribution in [0.15, 0.2) is 57.2 Å². The molecule has 0 spiro atoms. The highest BCUT2D eigenvalue weighted by molar-refractivity contribution is 6.04. The number of nitrogens with zero attached hydrogens (tertiary/aromatic N) is 2. The van der Waals surface area contributed by atoms with Crippen molar-refractivity contribution in [3.05, 3.63) is 68.9 Å². The van der Waals surface area contributed by atoms with E-state index in [0.29, 0.717) is 33.5 Å². The normalized spacial score (nSPS) is 11.5. The molecule has 0 aliphatic carbocycles. The molecule has 0 saturated heterocycles. The second kappa shape index (κ2) is 6.49. The summed E-state index contributed by atoms with van der Waals surface area (Å²) in [4.78, 5) is 30.9. The van der Waals surface area contributed by atoms with Gasteiger partial charge < -0.3 is 19.4 Å². The predicted octanol–water partition coefficient (Wildman–Crippen LogP) is 2.07. The van der Waals surface area contributed by atoms with Gasteiger partial charge in [-0.15, -0.1) is 4.68 Å². The molecular formula is C19H16N4O4. The van der Waals surface area contributed by atoms with Crippen molar-refractivity contribution in [2.75, 3.05) is 14.2 Å². The molecule has 2 aromatic heterocycles. The summed E-state index contributed by atoms with van der Waals surface area (Å²) in [5.41, 5.74) is 0.931. The molecule has 0 radical (unpaired) electrons. The van der Waals surface area contributed by atoms with E-state index in [0.717, 1.165) is 4.68 Å². The number of fused-ring (bicyclic) bond motifs is 3. The van der Waals surface area contributed by atoms with Crippen molar-refractivity contribution >= 4 is 28.2 Å². The molecule has 4 aromatic rings. The Morgan fingerprint density at radius 3 is 2.52 bits per heavy atom. The summed E-state index contributed by atoms with van der Waals surface area (Å²) in [5.74, 6) is 1.28. The lowest BCUT2D eigenvalue weighted by atomic mass is 10.2. The first-order chi connectivity index (χ1) is 13.1. The van der Waals surface area contributed by atoms with Gasteiger partial charge in [-0.2, -0.15) is 5.10 Å². The van der Waals surface area contributed by atoms with E-state index in [2.05, 4.69) is 15.1 Å². The van der Waals surface area contributed by atoms with E-state index in [1.54, 1.807) is 56.7 Å². The third-order valence-corrected chi connectivity index (χ3v) is 4.25. The van der Waals surface area contributed by atoms with Crippen molar-refractivity contribution in [2.45, 2.75) is 0 Å². The lowest BCUT2D eigenvalue weighted by Crippen LogP contribution is -2.32. The van der Waals surface area contributed by atoms with Gasteiger partial charge in [0.1, 0.15) is 17.0 Å². The minimum Gasteiger partial charge on any atom is -0.497 e. The average molecular weight is 364 g/mol. The number of hydrogen-bond donors (Lipinski definition) is 2. The zero-order valence-corrected chi connectivity index (χ0v) is 14.6. The van der Waals surface area contributed by atoms with Crippen LogP contribution in [0.4, 0.5) is 0 Å². The summed E-state index contributed by atoms with van der Waals surface area (Å²) < 4.78 is 11.1.